The van der Waals surface area contributed by atoms with Crippen LogP contribution in [-0.4, -0.2) is 50.3 Å². The molecule has 2 atom stereocenters. The molecule has 2 saturated heterocycles. The van der Waals surface area contributed by atoms with Crippen LogP contribution in [0.3, 0.4) is 0 Å². The second kappa shape index (κ2) is 7.94. The third kappa shape index (κ3) is 4.06. The first-order valence-electron chi connectivity index (χ1n) is 7.65. The van der Waals surface area contributed by atoms with Crippen LogP contribution in [0.15, 0.2) is 21.7 Å². The first-order valence-corrected chi connectivity index (χ1v) is 9.97. The molecule has 0 bridgehead atoms. The molecule has 0 aliphatic carbocycles. The highest BCUT2D eigenvalue weighted by Gasteiger charge is 2.40. The van der Waals surface area contributed by atoms with Crippen LogP contribution in [-0.2, 0) is 14.8 Å². The van der Waals surface area contributed by atoms with E-state index in [1.54, 1.807) is 17.5 Å². The van der Waals surface area contributed by atoms with Crippen LogP contribution in [0.2, 0.25) is 0 Å². The van der Waals surface area contributed by atoms with Gasteiger partial charge in [-0.15, -0.1) is 23.7 Å². The number of nitrogens with zero attached hydrogens (tertiary/aromatic N) is 1. The monoisotopic (exact) mass is 379 g/mol. The lowest BCUT2D eigenvalue weighted by Crippen LogP contribution is -2.52. The molecule has 23 heavy (non-hydrogen) atoms. The summed E-state index contributed by atoms with van der Waals surface area (Å²) in [6, 6.07) is 2.84. The summed E-state index contributed by atoms with van der Waals surface area (Å²) in [5.41, 5.74) is 0. The SMILES string of the molecule is Cl.O=C(NC1CCCNC1)C1CCCN1S(=O)(=O)c1cccs1. The first-order chi connectivity index (χ1) is 10.6. The molecule has 2 fully saturated rings. The number of thiophene rings is 1. The molecule has 1 aromatic heterocycles. The zero-order valence-corrected chi connectivity index (χ0v) is 15.2. The fourth-order valence-corrected chi connectivity index (χ4v) is 5.86. The molecule has 2 aliphatic heterocycles. The van der Waals surface area contributed by atoms with Gasteiger partial charge in [-0.1, -0.05) is 6.07 Å². The van der Waals surface area contributed by atoms with E-state index in [0.717, 1.165) is 32.4 Å². The minimum absolute atomic E-state index is 0. The number of halogens is 1. The lowest BCUT2D eigenvalue weighted by atomic mass is 10.1. The summed E-state index contributed by atoms with van der Waals surface area (Å²) in [5.74, 6) is -0.161. The van der Waals surface area contributed by atoms with Crippen LogP contribution in [0, 0.1) is 0 Å². The van der Waals surface area contributed by atoms with Crippen LogP contribution >= 0.6 is 23.7 Å². The molecule has 130 valence electrons. The van der Waals surface area contributed by atoms with E-state index in [9.17, 15) is 13.2 Å². The maximum atomic E-state index is 12.6. The summed E-state index contributed by atoms with van der Waals surface area (Å²) in [5, 5.41) is 8.00. The average Bonchev–Trinajstić information content (AvgIpc) is 3.20. The minimum atomic E-state index is -3.55. The maximum absolute atomic E-state index is 12.6. The second-order valence-electron chi connectivity index (χ2n) is 5.76. The van der Waals surface area contributed by atoms with Crippen LogP contribution in [0.1, 0.15) is 25.7 Å². The first kappa shape index (κ1) is 18.7. The normalized spacial score (nSPS) is 25.7. The van der Waals surface area contributed by atoms with E-state index < -0.39 is 16.1 Å². The molecule has 0 saturated carbocycles. The third-order valence-electron chi connectivity index (χ3n) is 4.21. The highest BCUT2D eigenvalue weighted by Crippen LogP contribution is 2.28. The zero-order valence-electron chi connectivity index (χ0n) is 12.7. The number of sulfonamides is 1. The van der Waals surface area contributed by atoms with Gasteiger partial charge in [0.05, 0.1) is 0 Å². The van der Waals surface area contributed by atoms with Crippen molar-refractivity contribution in [2.45, 2.75) is 42.0 Å². The predicted octanol–water partition coefficient (Wildman–Crippen LogP) is 1.19. The van der Waals surface area contributed by atoms with Crippen LogP contribution in [0.25, 0.3) is 0 Å². The van der Waals surface area contributed by atoms with E-state index in [2.05, 4.69) is 10.6 Å². The van der Waals surface area contributed by atoms with E-state index in [4.69, 9.17) is 0 Å². The van der Waals surface area contributed by atoms with Crippen LogP contribution < -0.4 is 10.6 Å². The summed E-state index contributed by atoms with van der Waals surface area (Å²) in [6.45, 7) is 2.16. The number of piperidine rings is 1. The highest BCUT2D eigenvalue weighted by molar-refractivity contribution is 7.91. The zero-order chi connectivity index (χ0) is 15.6. The summed E-state index contributed by atoms with van der Waals surface area (Å²) in [7, 11) is -3.55. The molecule has 0 aromatic carbocycles. The van der Waals surface area contributed by atoms with Gasteiger partial charge in [-0.05, 0) is 43.7 Å². The van der Waals surface area contributed by atoms with Crippen molar-refractivity contribution in [1.29, 1.82) is 0 Å². The standard InChI is InChI=1S/C14H21N3O3S2.ClH/c18-14(16-11-4-1-7-15-10-11)12-5-2-8-17(12)22(19,20)13-6-3-9-21-13;/h3,6,9,11-12,15H,1-2,4-5,7-8,10H2,(H,16,18);1H. The quantitative estimate of drug-likeness (QED) is 0.823. The number of hydrogen-bond acceptors (Lipinski definition) is 5. The number of hydrogen-bond donors (Lipinski definition) is 2. The van der Waals surface area contributed by atoms with E-state index in [1.165, 1.54) is 15.6 Å². The smallest absolute Gasteiger partial charge is 0.253 e. The average molecular weight is 380 g/mol. The fourth-order valence-electron chi connectivity index (χ4n) is 3.09. The Kier molecular flexibility index (Phi) is 6.44. The molecule has 2 aliphatic rings. The minimum Gasteiger partial charge on any atom is -0.351 e. The summed E-state index contributed by atoms with van der Waals surface area (Å²) in [6.07, 6.45) is 3.30. The van der Waals surface area contributed by atoms with Crippen molar-refractivity contribution in [2.24, 2.45) is 0 Å². The van der Waals surface area contributed by atoms with Crippen molar-refractivity contribution >= 4 is 39.7 Å². The van der Waals surface area contributed by atoms with Gasteiger partial charge in [0.25, 0.3) is 10.0 Å². The summed E-state index contributed by atoms with van der Waals surface area (Å²) < 4.78 is 27.0. The van der Waals surface area contributed by atoms with E-state index in [1.807, 2.05) is 0 Å². The van der Waals surface area contributed by atoms with E-state index >= 15 is 0 Å². The van der Waals surface area contributed by atoms with Gasteiger partial charge in [0.2, 0.25) is 5.91 Å². The molecule has 0 spiro atoms. The van der Waals surface area contributed by atoms with Crippen molar-refractivity contribution < 1.29 is 13.2 Å². The van der Waals surface area contributed by atoms with Gasteiger partial charge in [-0.2, -0.15) is 4.31 Å². The van der Waals surface area contributed by atoms with E-state index in [0.29, 0.717) is 17.2 Å². The molecule has 1 amide bonds. The Labute approximate surface area is 147 Å². The van der Waals surface area contributed by atoms with Crippen molar-refractivity contribution in [3.05, 3.63) is 17.5 Å². The second-order valence-corrected chi connectivity index (χ2v) is 8.82. The molecule has 1 aromatic rings. The van der Waals surface area contributed by atoms with Crippen LogP contribution in [0.4, 0.5) is 0 Å². The lowest BCUT2D eigenvalue weighted by molar-refractivity contribution is -0.125. The van der Waals surface area contributed by atoms with Gasteiger partial charge < -0.3 is 10.6 Å². The predicted molar refractivity (Wildman–Crippen MR) is 92.5 cm³/mol. The molecule has 2 N–H and O–H groups in total. The highest BCUT2D eigenvalue weighted by atomic mass is 35.5. The molecule has 3 rings (SSSR count). The van der Waals surface area contributed by atoms with Gasteiger partial charge >= 0.3 is 0 Å². The molecule has 3 heterocycles. The van der Waals surface area contributed by atoms with Gasteiger partial charge in [0, 0.05) is 19.1 Å². The van der Waals surface area contributed by atoms with Crippen LogP contribution in [0.5, 0.6) is 0 Å². The largest absolute Gasteiger partial charge is 0.351 e. The fraction of sp³-hybridized carbons (Fsp3) is 0.643. The molecular formula is C14H22ClN3O3S2. The Hall–Kier alpha value is -0.670. The summed E-state index contributed by atoms with van der Waals surface area (Å²) in [4.78, 5) is 12.5. The van der Waals surface area contributed by atoms with Gasteiger partial charge in [0.15, 0.2) is 0 Å². The van der Waals surface area contributed by atoms with Crippen molar-refractivity contribution in [3.8, 4) is 0 Å². The topological polar surface area (TPSA) is 78.5 Å². The lowest BCUT2D eigenvalue weighted by Gasteiger charge is -2.28. The van der Waals surface area contributed by atoms with Crippen molar-refractivity contribution in [1.82, 2.24) is 14.9 Å². The Morgan fingerprint density at radius 3 is 2.83 bits per heavy atom. The third-order valence-corrected chi connectivity index (χ3v) is 7.49. The Morgan fingerprint density at radius 1 is 1.35 bits per heavy atom. The van der Waals surface area contributed by atoms with Gasteiger partial charge in [-0.3, -0.25) is 4.79 Å². The number of rotatable bonds is 4. The Balaban J connectivity index is 0.00000192. The number of amides is 1. The number of nitrogens with one attached hydrogen (secondary N) is 2. The van der Waals surface area contributed by atoms with Crippen molar-refractivity contribution in [3.63, 3.8) is 0 Å². The molecule has 9 heteroatoms. The Morgan fingerprint density at radius 2 is 2.17 bits per heavy atom. The Bertz CT molecular complexity index is 615. The molecule has 2 unspecified atom stereocenters. The molecular weight excluding hydrogens is 358 g/mol. The number of carbonyl (C=O) groups excluding carboxylic acids is 1. The van der Waals surface area contributed by atoms with Gasteiger partial charge in [-0.25, -0.2) is 8.42 Å². The molecule has 0 radical (unpaired) electrons. The number of carbonyl (C=O) groups is 1. The van der Waals surface area contributed by atoms with E-state index in [-0.39, 0.29) is 24.4 Å². The molecule has 6 nitrogen and oxygen atoms in total. The van der Waals surface area contributed by atoms with Crippen molar-refractivity contribution in [2.75, 3.05) is 19.6 Å². The van der Waals surface area contributed by atoms with Gasteiger partial charge in [0.1, 0.15) is 10.3 Å². The maximum Gasteiger partial charge on any atom is 0.253 e. The summed E-state index contributed by atoms with van der Waals surface area (Å²) >= 11 is 1.19.